The highest BCUT2D eigenvalue weighted by atomic mass is 35.5. The maximum Gasteiger partial charge on any atom is 0.335 e. The Kier molecular flexibility index (Phi) is 5.63. The Labute approximate surface area is 164 Å². The molecule has 3 rings (SSSR count). The van der Waals surface area contributed by atoms with Crippen molar-refractivity contribution in [3.8, 4) is 17.4 Å². The van der Waals surface area contributed by atoms with Crippen molar-refractivity contribution in [3.63, 3.8) is 0 Å². The molecule has 0 saturated carbocycles. The first kappa shape index (κ1) is 19.0. The molecule has 140 valence electrons. The fourth-order valence-electron chi connectivity index (χ4n) is 2.39. The average molecular weight is 397 g/mol. The van der Waals surface area contributed by atoms with Gasteiger partial charge in [0.25, 0.3) is 5.91 Å². The van der Waals surface area contributed by atoms with Crippen LogP contribution in [0.5, 0.6) is 0 Å². The molecule has 0 aliphatic rings. The summed E-state index contributed by atoms with van der Waals surface area (Å²) >= 11 is 6.12. The van der Waals surface area contributed by atoms with Gasteiger partial charge in [0.05, 0.1) is 23.4 Å². The summed E-state index contributed by atoms with van der Waals surface area (Å²) in [6.07, 6.45) is 2.77. The van der Waals surface area contributed by atoms with Crippen molar-refractivity contribution in [2.24, 2.45) is 0 Å². The minimum absolute atomic E-state index is 0.0582. The van der Waals surface area contributed by atoms with Crippen molar-refractivity contribution in [1.29, 1.82) is 5.26 Å². The van der Waals surface area contributed by atoms with Crippen LogP contribution in [0.15, 0.2) is 63.1 Å². The number of carbonyl (C=O) groups excluding carboxylic acids is 1. The van der Waals surface area contributed by atoms with Gasteiger partial charge in [0, 0.05) is 11.6 Å². The monoisotopic (exact) mass is 396 g/mol. The van der Waals surface area contributed by atoms with Crippen molar-refractivity contribution < 1.29 is 23.5 Å². The van der Waals surface area contributed by atoms with E-state index in [-0.39, 0.29) is 23.4 Å². The number of carboxylic acid groups (broad SMARTS) is 1. The van der Waals surface area contributed by atoms with E-state index in [0.29, 0.717) is 22.1 Å². The van der Waals surface area contributed by atoms with Crippen LogP contribution in [-0.4, -0.2) is 17.0 Å². The van der Waals surface area contributed by atoms with Crippen LogP contribution in [0, 0.1) is 11.3 Å². The number of hydrogen-bond acceptors (Lipinski definition) is 5. The second-order valence-electron chi connectivity index (χ2n) is 5.63. The zero-order valence-electron chi connectivity index (χ0n) is 14.3. The topological polar surface area (TPSA) is 116 Å². The van der Waals surface area contributed by atoms with Crippen LogP contribution in [0.2, 0.25) is 5.02 Å². The molecule has 1 amide bonds. The molecule has 0 atom stereocenters. The molecule has 0 aliphatic heterocycles. The van der Waals surface area contributed by atoms with Crippen LogP contribution in [0.4, 0.5) is 0 Å². The molecule has 0 radical (unpaired) electrons. The Balaban J connectivity index is 1.80. The van der Waals surface area contributed by atoms with Crippen molar-refractivity contribution in [3.05, 3.63) is 76.4 Å². The molecule has 7 nitrogen and oxygen atoms in total. The van der Waals surface area contributed by atoms with E-state index in [1.807, 2.05) is 6.07 Å². The molecule has 1 aromatic carbocycles. The summed E-state index contributed by atoms with van der Waals surface area (Å²) in [5.41, 5.74) is 0.294. The molecular formula is C20H13ClN2O5. The van der Waals surface area contributed by atoms with E-state index in [1.165, 1.54) is 30.5 Å². The molecule has 0 spiro atoms. The van der Waals surface area contributed by atoms with Gasteiger partial charge in [-0.3, -0.25) is 4.79 Å². The molecule has 0 unspecified atom stereocenters. The number of halogens is 1. The van der Waals surface area contributed by atoms with E-state index in [4.69, 9.17) is 25.5 Å². The zero-order chi connectivity index (χ0) is 20.1. The number of nitriles is 1. The van der Waals surface area contributed by atoms with Crippen LogP contribution in [0.3, 0.4) is 0 Å². The largest absolute Gasteiger partial charge is 0.478 e. The second kappa shape index (κ2) is 8.29. The molecule has 8 heteroatoms. The van der Waals surface area contributed by atoms with Crippen molar-refractivity contribution in [2.45, 2.75) is 6.54 Å². The Hall–Kier alpha value is -3.76. The quantitative estimate of drug-likeness (QED) is 0.478. The molecule has 3 aromatic rings. The third-order valence-corrected chi connectivity index (χ3v) is 4.09. The fourth-order valence-corrected chi connectivity index (χ4v) is 2.60. The van der Waals surface area contributed by atoms with Gasteiger partial charge in [0.15, 0.2) is 0 Å². The summed E-state index contributed by atoms with van der Waals surface area (Å²) < 4.78 is 10.7. The number of aromatic carboxylic acids is 1. The third-order valence-electron chi connectivity index (χ3n) is 3.76. The van der Waals surface area contributed by atoms with E-state index < -0.39 is 11.9 Å². The van der Waals surface area contributed by atoms with E-state index in [2.05, 4.69) is 5.32 Å². The highest BCUT2D eigenvalue weighted by Crippen LogP contribution is 2.31. The van der Waals surface area contributed by atoms with Gasteiger partial charge in [-0.1, -0.05) is 11.6 Å². The number of benzene rings is 1. The van der Waals surface area contributed by atoms with Crippen LogP contribution in [0.25, 0.3) is 17.4 Å². The lowest BCUT2D eigenvalue weighted by Gasteiger charge is -2.03. The van der Waals surface area contributed by atoms with Crippen LogP contribution in [0.1, 0.15) is 21.9 Å². The van der Waals surface area contributed by atoms with Gasteiger partial charge in [0.1, 0.15) is 28.9 Å². The molecule has 0 saturated heterocycles. The lowest BCUT2D eigenvalue weighted by molar-refractivity contribution is -0.117. The van der Waals surface area contributed by atoms with Gasteiger partial charge in [0.2, 0.25) is 0 Å². The number of rotatable bonds is 6. The maximum atomic E-state index is 12.2. The number of nitrogens with one attached hydrogen (secondary N) is 1. The molecule has 0 bridgehead atoms. The van der Waals surface area contributed by atoms with Gasteiger partial charge in [-0.2, -0.15) is 5.26 Å². The summed E-state index contributed by atoms with van der Waals surface area (Å²) in [7, 11) is 0. The van der Waals surface area contributed by atoms with Gasteiger partial charge < -0.3 is 19.3 Å². The standard InChI is InChI=1S/C20H13ClN2O5/c21-17-5-3-12(20(25)26)9-16(17)18-6-4-14(28-18)8-13(10-22)19(24)23-11-15-2-1-7-27-15/h1-9H,11H2,(H,23,24)(H,25,26)/b13-8+. The van der Waals surface area contributed by atoms with Gasteiger partial charge in [-0.05, 0) is 42.5 Å². The van der Waals surface area contributed by atoms with Crippen molar-refractivity contribution in [1.82, 2.24) is 5.32 Å². The predicted molar refractivity (Wildman–Crippen MR) is 100 cm³/mol. The Morgan fingerprint density at radius 3 is 2.75 bits per heavy atom. The highest BCUT2D eigenvalue weighted by Gasteiger charge is 2.14. The number of carbonyl (C=O) groups is 2. The van der Waals surface area contributed by atoms with Crippen LogP contribution >= 0.6 is 11.6 Å². The molecular weight excluding hydrogens is 384 g/mol. The SMILES string of the molecule is N#C/C(=C\c1ccc(-c2cc(C(=O)O)ccc2Cl)o1)C(=O)NCc1ccco1. The normalized spacial score (nSPS) is 11.1. The smallest absolute Gasteiger partial charge is 0.335 e. The molecule has 28 heavy (non-hydrogen) atoms. The highest BCUT2D eigenvalue weighted by molar-refractivity contribution is 6.33. The molecule has 2 aromatic heterocycles. The minimum atomic E-state index is -1.09. The fraction of sp³-hybridized carbons (Fsp3) is 0.0500. The predicted octanol–water partition coefficient (Wildman–Crippen LogP) is 4.11. The van der Waals surface area contributed by atoms with E-state index in [9.17, 15) is 14.9 Å². The first-order valence-corrected chi connectivity index (χ1v) is 8.41. The number of amides is 1. The average Bonchev–Trinajstić information content (AvgIpc) is 3.36. The van der Waals surface area contributed by atoms with Gasteiger partial charge in [-0.15, -0.1) is 0 Å². The van der Waals surface area contributed by atoms with Gasteiger partial charge >= 0.3 is 5.97 Å². The van der Waals surface area contributed by atoms with Crippen molar-refractivity contribution in [2.75, 3.05) is 0 Å². The molecule has 0 fully saturated rings. The summed E-state index contributed by atoms with van der Waals surface area (Å²) in [6.45, 7) is 0.145. The van der Waals surface area contributed by atoms with E-state index in [1.54, 1.807) is 24.3 Å². The number of carboxylic acids is 1. The second-order valence-corrected chi connectivity index (χ2v) is 6.04. The molecule has 0 aliphatic carbocycles. The first-order chi connectivity index (χ1) is 13.5. The Bertz CT molecular complexity index is 1090. The first-order valence-electron chi connectivity index (χ1n) is 8.03. The molecule has 2 heterocycles. The van der Waals surface area contributed by atoms with E-state index >= 15 is 0 Å². The van der Waals surface area contributed by atoms with Crippen LogP contribution < -0.4 is 5.32 Å². The Morgan fingerprint density at radius 1 is 1.25 bits per heavy atom. The lowest BCUT2D eigenvalue weighted by Crippen LogP contribution is -2.23. The number of nitrogens with zero attached hydrogens (tertiary/aromatic N) is 1. The third kappa shape index (κ3) is 4.31. The minimum Gasteiger partial charge on any atom is -0.478 e. The van der Waals surface area contributed by atoms with Crippen molar-refractivity contribution >= 4 is 29.6 Å². The summed E-state index contributed by atoms with van der Waals surface area (Å²) in [5.74, 6) is -0.560. The van der Waals surface area contributed by atoms with Gasteiger partial charge in [-0.25, -0.2) is 4.79 Å². The van der Waals surface area contributed by atoms with Crippen LogP contribution in [-0.2, 0) is 11.3 Å². The summed E-state index contributed by atoms with van der Waals surface area (Å²) in [4.78, 5) is 23.3. The Morgan fingerprint density at radius 2 is 2.07 bits per heavy atom. The zero-order valence-corrected chi connectivity index (χ0v) is 15.1. The number of furan rings is 2. The summed E-state index contributed by atoms with van der Waals surface area (Å²) in [5, 5.41) is 21.2. The maximum absolute atomic E-state index is 12.2. The molecule has 2 N–H and O–H groups in total. The lowest BCUT2D eigenvalue weighted by atomic mass is 10.1. The number of hydrogen-bond donors (Lipinski definition) is 2. The summed E-state index contributed by atoms with van der Waals surface area (Å²) in [6, 6.07) is 12.6. The van der Waals surface area contributed by atoms with E-state index in [0.717, 1.165) is 0 Å².